The Morgan fingerprint density at radius 1 is 1.80 bits per heavy atom. The summed E-state index contributed by atoms with van der Waals surface area (Å²) in [6, 6.07) is 0. The first-order chi connectivity index (χ1) is 4.65. The van der Waals surface area contributed by atoms with Gasteiger partial charge in [-0.25, -0.2) is 0 Å². The highest BCUT2D eigenvalue weighted by atomic mass is 16.5. The monoisotopic (exact) mass is 143 g/mol. The van der Waals surface area contributed by atoms with E-state index in [1.54, 1.807) is 14.2 Å². The van der Waals surface area contributed by atoms with E-state index >= 15 is 0 Å². The van der Waals surface area contributed by atoms with Gasteiger partial charge in [0.1, 0.15) is 0 Å². The summed E-state index contributed by atoms with van der Waals surface area (Å²) < 4.78 is 5.04. The number of nitrogens with one attached hydrogen (secondary N) is 1. The number of ether oxygens (including phenoxy) is 1. The highest BCUT2D eigenvalue weighted by Crippen LogP contribution is 2.47. The van der Waals surface area contributed by atoms with Gasteiger partial charge in [0.25, 0.3) is 0 Å². The maximum absolute atomic E-state index is 11.1. The van der Waals surface area contributed by atoms with E-state index in [1.165, 1.54) is 0 Å². The first-order valence-electron chi connectivity index (χ1n) is 3.40. The molecule has 1 aliphatic carbocycles. The summed E-state index contributed by atoms with van der Waals surface area (Å²) in [7, 11) is 3.29. The van der Waals surface area contributed by atoms with E-state index in [0.717, 1.165) is 6.42 Å². The number of amides is 1. The Morgan fingerprint density at radius 3 is 2.70 bits per heavy atom. The fourth-order valence-electron chi connectivity index (χ4n) is 1.19. The van der Waals surface area contributed by atoms with Gasteiger partial charge in [-0.15, -0.1) is 0 Å². The van der Waals surface area contributed by atoms with E-state index in [-0.39, 0.29) is 17.4 Å². The Bertz CT molecular complexity index is 158. The third-order valence-corrected chi connectivity index (χ3v) is 2.19. The van der Waals surface area contributed by atoms with E-state index < -0.39 is 0 Å². The van der Waals surface area contributed by atoms with E-state index in [4.69, 9.17) is 4.74 Å². The summed E-state index contributed by atoms with van der Waals surface area (Å²) in [5.41, 5.74) is -0.247. The van der Waals surface area contributed by atoms with Gasteiger partial charge in [0.15, 0.2) is 0 Å². The molecule has 0 aliphatic heterocycles. The minimum absolute atomic E-state index is 0.0827. The molecule has 0 heterocycles. The molecule has 3 nitrogen and oxygen atoms in total. The summed E-state index contributed by atoms with van der Waals surface area (Å²) >= 11 is 0. The predicted octanol–water partition coefficient (Wildman–Crippen LogP) is 0.157. The van der Waals surface area contributed by atoms with Gasteiger partial charge < -0.3 is 10.1 Å². The van der Waals surface area contributed by atoms with Gasteiger partial charge >= 0.3 is 0 Å². The van der Waals surface area contributed by atoms with E-state index in [9.17, 15) is 4.79 Å². The van der Waals surface area contributed by atoms with Crippen LogP contribution in [-0.2, 0) is 9.53 Å². The molecule has 0 aromatic rings. The molecule has 0 aromatic heterocycles. The fraction of sp³-hybridized carbons (Fsp3) is 0.857. The number of methoxy groups -OCH3 is 1. The Labute approximate surface area is 60.7 Å². The first-order valence-corrected chi connectivity index (χ1v) is 3.40. The quantitative estimate of drug-likeness (QED) is 0.598. The highest BCUT2D eigenvalue weighted by molar-refractivity contribution is 5.85. The van der Waals surface area contributed by atoms with Crippen LogP contribution in [-0.4, -0.2) is 26.2 Å². The number of hydrogen-bond donors (Lipinski definition) is 1. The van der Waals surface area contributed by atoms with Crippen LogP contribution in [0.4, 0.5) is 0 Å². The molecule has 0 aromatic carbocycles. The second-order valence-corrected chi connectivity index (χ2v) is 2.93. The molecule has 2 unspecified atom stereocenters. The standard InChI is InChI=1S/C7H13NO2/c1-7(6(9)8-2)4-5(7)10-3/h5H,4H2,1-3H3,(H,8,9). The van der Waals surface area contributed by atoms with Crippen molar-refractivity contribution < 1.29 is 9.53 Å². The van der Waals surface area contributed by atoms with Crippen LogP contribution in [0.1, 0.15) is 13.3 Å². The average Bonchev–Trinajstić information content (AvgIpc) is 2.61. The average molecular weight is 143 g/mol. The number of carbonyl (C=O) groups is 1. The van der Waals surface area contributed by atoms with Crippen molar-refractivity contribution in [1.29, 1.82) is 0 Å². The molecule has 0 saturated heterocycles. The normalized spacial score (nSPS) is 37.3. The highest BCUT2D eigenvalue weighted by Gasteiger charge is 2.56. The van der Waals surface area contributed by atoms with Crippen LogP contribution in [0.15, 0.2) is 0 Å². The van der Waals surface area contributed by atoms with Crippen molar-refractivity contribution in [3.8, 4) is 0 Å². The topological polar surface area (TPSA) is 38.3 Å². The summed E-state index contributed by atoms with van der Waals surface area (Å²) in [5, 5.41) is 2.61. The molecule has 1 N–H and O–H groups in total. The number of hydrogen-bond acceptors (Lipinski definition) is 2. The van der Waals surface area contributed by atoms with Crippen LogP contribution in [0.25, 0.3) is 0 Å². The van der Waals surface area contributed by atoms with Crippen molar-refractivity contribution in [2.75, 3.05) is 14.2 Å². The van der Waals surface area contributed by atoms with E-state index in [0.29, 0.717) is 0 Å². The molecule has 1 saturated carbocycles. The largest absolute Gasteiger partial charge is 0.380 e. The Balaban J connectivity index is 2.50. The van der Waals surface area contributed by atoms with Crippen molar-refractivity contribution in [3.63, 3.8) is 0 Å². The molecule has 1 fully saturated rings. The molecule has 0 spiro atoms. The zero-order chi connectivity index (χ0) is 7.78. The third-order valence-electron chi connectivity index (χ3n) is 2.19. The molecule has 0 bridgehead atoms. The van der Waals surface area contributed by atoms with Crippen molar-refractivity contribution in [3.05, 3.63) is 0 Å². The van der Waals surface area contributed by atoms with Gasteiger partial charge in [0.05, 0.1) is 11.5 Å². The van der Waals surface area contributed by atoms with Gasteiger partial charge in [-0.05, 0) is 13.3 Å². The molecule has 2 atom stereocenters. The molecule has 3 heteroatoms. The van der Waals surface area contributed by atoms with Crippen LogP contribution in [0.3, 0.4) is 0 Å². The number of carbonyl (C=O) groups excluding carboxylic acids is 1. The SMILES string of the molecule is CNC(=O)C1(C)CC1OC. The molecular formula is C7H13NO2. The minimum atomic E-state index is -0.247. The van der Waals surface area contributed by atoms with Crippen molar-refractivity contribution in [2.24, 2.45) is 5.41 Å². The van der Waals surface area contributed by atoms with Crippen LogP contribution in [0, 0.1) is 5.41 Å². The van der Waals surface area contributed by atoms with Crippen LogP contribution in [0.2, 0.25) is 0 Å². The zero-order valence-electron chi connectivity index (χ0n) is 6.60. The summed E-state index contributed by atoms with van der Waals surface area (Å²) in [6.45, 7) is 1.92. The lowest BCUT2D eigenvalue weighted by Crippen LogP contribution is -2.29. The fourth-order valence-corrected chi connectivity index (χ4v) is 1.19. The Kier molecular flexibility index (Phi) is 1.68. The van der Waals surface area contributed by atoms with Crippen molar-refractivity contribution in [2.45, 2.75) is 19.4 Å². The molecule has 10 heavy (non-hydrogen) atoms. The predicted molar refractivity (Wildman–Crippen MR) is 37.6 cm³/mol. The van der Waals surface area contributed by atoms with Gasteiger partial charge in [-0.3, -0.25) is 4.79 Å². The molecule has 1 aliphatic rings. The smallest absolute Gasteiger partial charge is 0.228 e. The van der Waals surface area contributed by atoms with Gasteiger partial charge in [0.2, 0.25) is 5.91 Å². The third kappa shape index (κ3) is 0.904. The second kappa shape index (κ2) is 2.23. The minimum Gasteiger partial charge on any atom is -0.380 e. The van der Waals surface area contributed by atoms with Crippen LogP contribution >= 0.6 is 0 Å². The van der Waals surface area contributed by atoms with Crippen LogP contribution < -0.4 is 5.32 Å². The van der Waals surface area contributed by atoms with Gasteiger partial charge in [-0.1, -0.05) is 0 Å². The van der Waals surface area contributed by atoms with E-state index in [2.05, 4.69) is 5.32 Å². The van der Waals surface area contributed by atoms with Crippen molar-refractivity contribution in [1.82, 2.24) is 5.32 Å². The molecule has 0 radical (unpaired) electrons. The van der Waals surface area contributed by atoms with Crippen LogP contribution in [0.5, 0.6) is 0 Å². The second-order valence-electron chi connectivity index (χ2n) is 2.93. The lowest BCUT2D eigenvalue weighted by Gasteiger charge is -2.06. The van der Waals surface area contributed by atoms with Gasteiger partial charge in [0, 0.05) is 14.2 Å². The maximum atomic E-state index is 11.1. The summed E-state index contributed by atoms with van der Waals surface area (Å²) in [5.74, 6) is 0.0827. The Hall–Kier alpha value is -0.570. The lowest BCUT2D eigenvalue weighted by molar-refractivity contribution is -0.126. The summed E-state index contributed by atoms with van der Waals surface area (Å²) in [4.78, 5) is 11.1. The lowest BCUT2D eigenvalue weighted by atomic mass is 10.1. The van der Waals surface area contributed by atoms with E-state index in [1.807, 2.05) is 6.92 Å². The molecule has 1 rings (SSSR count). The molecule has 1 amide bonds. The maximum Gasteiger partial charge on any atom is 0.228 e. The van der Waals surface area contributed by atoms with Gasteiger partial charge in [-0.2, -0.15) is 0 Å². The number of rotatable bonds is 2. The molecule has 58 valence electrons. The van der Waals surface area contributed by atoms with Crippen molar-refractivity contribution >= 4 is 5.91 Å². The molecular weight excluding hydrogens is 130 g/mol. The summed E-state index contributed by atoms with van der Waals surface area (Å²) in [6.07, 6.45) is 0.982. The Morgan fingerprint density at radius 2 is 2.40 bits per heavy atom. The zero-order valence-corrected chi connectivity index (χ0v) is 6.60. The first kappa shape index (κ1) is 7.54.